The van der Waals surface area contributed by atoms with Crippen LogP contribution in [0.1, 0.15) is 19.3 Å². The van der Waals surface area contributed by atoms with Gasteiger partial charge in [0.15, 0.2) is 0 Å². The fraction of sp³-hybridized carbons (Fsp3) is 0.318. The molecule has 5 rings (SSSR count). The first-order chi connectivity index (χ1) is 15.0. The van der Waals surface area contributed by atoms with E-state index in [2.05, 4.69) is 28.5 Å². The summed E-state index contributed by atoms with van der Waals surface area (Å²) in [5.74, 6) is 0.595. The highest BCUT2D eigenvalue weighted by atomic mass is 32.2. The number of imidazole rings is 1. The SMILES string of the molecule is COc1ccc(S(=O)(=O)N2CCCCC2)cc1Nc1cc2c(ccc3c2ncn3C)s1. The van der Waals surface area contributed by atoms with Crippen LogP contribution >= 0.6 is 11.3 Å². The van der Waals surface area contributed by atoms with E-state index < -0.39 is 10.0 Å². The highest BCUT2D eigenvalue weighted by Gasteiger charge is 2.26. The van der Waals surface area contributed by atoms with E-state index in [4.69, 9.17) is 4.74 Å². The highest BCUT2D eigenvalue weighted by molar-refractivity contribution is 7.89. The molecule has 0 aliphatic carbocycles. The molecule has 7 nitrogen and oxygen atoms in total. The molecule has 1 N–H and O–H groups in total. The molecule has 0 unspecified atom stereocenters. The molecule has 4 aromatic rings. The van der Waals surface area contributed by atoms with Crippen LogP contribution in [-0.4, -0.2) is 42.5 Å². The predicted octanol–water partition coefficient (Wildman–Crippen LogP) is 4.71. The fourth-order valence-corrected chi connectivity index (χ4v) is 6.63. The number of nitrogens with one attached hydrogen (secondary N) is 1. The summed E-state index contributed by atoms with van der Waals surface area (Å²) in [6.07, 6.45) is 4.71. The first kappa shape index (κ1) is 20.3. The number of piperidine rings is 1. The molecule has 0 amide bonds. The minimum Gasteiger partial charge on any atom is -0.495 e. The van der Waals surface area contributed by atoms with Gasteiger partial charge in [-0.3, -0.25) is 0 Å². The lowest BCUT2D eigenvalue weighted by atomic mass is 10.2. The Bertz CT molecular complexity index is 1370. The van der Waals surface area contributed by atoms with E-state index in [1.54, 1.807) is 41.0 Å². The van der Waals surface area contributed by atoms with Crippen molar-refractivity contribution >= 4 is 53.2 Å². The van der Waals surface area contributed by atoms with Gasteiger partial charge in [-0.2, -0.15) is 4.31 Å². The molecule has 0 bridgehead atoms. The van der Waals surface area contributed by atoms with Crippen LogP contribution in [0.5, 0.6) is 5.75 Å². The van der Waals surface area contributed by atoms with Crippen molar-refractivity contribution in [2.45, 2.75) is 24.2 Å². The van der Waals surface area contributed by atoms with Gasteiger partial charge in [0.2, 0.25) is 10.0 Å². The molecule has 3 heterocycles. The van der Waals surface area contributed by atoms with E-state index in [-0.39, 0.29) is 4.90 Å². The van der Waals surface area contributed by atoms with E-state index >= 15 is 0 Å². The van der Waals surface area contributed by atoms with Crippen LogP contribution in [0.25, 0.3) is 21.1 Å². The number of nitrogens with zero attached hydrogens (tertiary/aromatic N) is 3. The molecule has 0 saturated carbocycles. The van der Waals surface area contributed by atoms with E-state index in [9.17, 15) is 8.42 Å². The Morgan fingerprint density at radius 2 is 1.90 bits per heavy atom. The number of aryl methyl sites for hydroxylation is 1. The Balaban J connectivity index is 1.52. The molecule has 0 spiro atoms. The third-order valence-corrected chi connectivity index (χ3v) is 8.68. The second-order valence-corrected chi connectivity index (χ2v) is 10.8. The van der Waals surface area contributed by atoms with Crippen molar-refractivity contribution in [2.75, 3.05) is 25.5 Å². The van der Waals surface area contributed by atoms with E-state index in [0.717, 1.165) is 45.4 Å². The zero-order valence-corrected chi connectivity index (χ0v) is 19.1. The Morgan fingerprint density at radius 3 is 2.68 bits per heavy atom. The third-order valence-electron chi connectivity index (χ3n) is 5.77. The number of benzene rings is 2. The average Bonchev–Trinajstić information content (AvgIpc) is 3.37. The first-order valence-electron chi connectivity index (χ1n) is 10.3. The van der Waals surface area contributed by atoms with Gasteiger partial charge in [-0.25, -0.2) is 13.4 Å². The van der Waals surface area contributed by atoms with Crippen LogP contribution in [0.3, 0.4) is 0 Å². The third kappa shape index (κ3) is 3.56. The highest BCUT2D eigenvalue weighted by Crippen LogP contribution is 2.38. The van der Waals surface area contributed by atoms with Gasteiger partial charge in [-0.1, -0.05) is 6.42 Å². The van der Waals surface area contributed by atoms with Crippen LogP contribution in [0.15, 0.2) is 47.6 Å². The van der Waals surface area contributed by atoms with Gasteiger partial charge in [0.25, 0.3) is 0 Å². The maximum atomic E-state index is 13.1. The first-order valence-corrected chi connectivity index (χ1v) is 12.5. The lowest BCUT2D eigenvalue weighted by Crippen LogP contribution is -2.35. The van der Waals surface area contributed by atoms with Crippen LogP contribution in [0.4, 0.5) is 10.7 Å². The molecule has 0 atom stereocenters. The Hall–Kier alpha value is -2.62. The normalized spacial score (nSPS) is 15.5. The van der Waals surface area contributed by atoms with Crippen molar-refractivity contribution in [3.63, 3.8) is 0 Å². The van der Waals surface area contributed by atoms with Gasteiger partial charge < -0.3 is 14.6 Å². The maximum absolute atomic E-state index is 13.1. The molecule has 1 aliphatic rings. The molecule has 1 aliphatic heterocycles. The zero-order chi connectivity index (χ0) is 21.6. The van der Waals surface area contributed by atoms with Gasteiger partial charge >= 0.3 is 0 Å². The predicted molar refractivity (Wildman–Crippen MR) is 125 cm³/mol. The topological polar surface area (TPSA) is 76.5 Å². The largest absolute Gasteiger partial charge is 0.495 e. The van der Waals surface area contributed by atoms with Gasteiger partial charge in [0.1, 0.15) is 5.75 Å². The molecular weight excluding hydrogens is 432 g/mol. The second kappa shape index (κ2) is 7.81. The van der Waals surface area contributed by atoms with Crippen molar-refractivity contribution in [1.82, 2.24) is 13.9 Å². The molecule has 162 valence electrons. The van der Waals surface area contributed by atoms with Crippen LogP contribution in [-0.2, 0) is 17.1 Å². The number of hydrogen-bond donors (Lipinski definition) is 1. The summed E-state index contributed by atoms with van der Waals surface area (Å²) >= 11 is 1.60. The van der Waals surface area contributed by atoms with Gasteiger partial charge in [0, 0.05) is 30.2 Å². The smallest absolute Gasteiger partial charge is 0.243 e. The zero-order valence-electron chi connectivity index (χ0n) is 17.5. The number of sulfonamides is 1. The summed E-state index contributed by atoms with van der Waals surface area (Å²) in [5.41, 5.74) is 2.66. The summed E-state index contributed by atoms with van der Waals surface area (Å²) in [6, 6.07) is 11.2. The average molecular weight is 457 g/mol. The van der Waals surface area contributed by atoms with E-state index in [1.165, 1.54) is 0 Å². The quantitative estimate of drug-likeness (QED) is 0.470. The van der Waals surface area contributed by atoms with E-state index in [1.807, 2.05) is 17.9 Å². The number of ether oxygens (including phenoxy) is 1. The van der Waals surface area contributed by atoms with Gasteiger partial charge in [-0.15, -0.1) is 11.3 Å². The molecule has 2 aromatic carbocycles. The van der Waals surface area contributed by atoms with E-state index in [0.29, 0.717) is 24.5 Å². The fourth-order valence-electron chi connectivity index (χ4n) is 4.11. The molecule has 9 heteroatoms. The van der Waals surface area contributed by atoms with Crippen molar-refractivity contribution in [2.24, 2.45) is 7.05 Å². The Morgan fingerprint density at radius 1 is 1.10 bits per heavy atom. The van der Waals surface area contributed by atoms with Crippen molar-refractivity contribution in [3.8, 4) is 5.75 Å². The number of fused-ring (bicyclic) bond motifs is 3. The lowest BCUT2D eigenvalue weighted by Gasteiger charge is -2.26. The van der Waals surface area contributed by atoms with Crippen molar-refractivity contribution in [3.05, 3.63) is 42.7 Å². The van der Waals surface area contributed by atoms with Gasteiger partial charge in [-0.05, 0) is 49.2 Å². The number of aromatic nitrogens is 2. The number of thiophene rings is 1. The van der Waals surface area contributed by atoms with Crippen LogP contribution < -0.4 is 10.1 Å². The van der Waals surface area contributed by atoms with Crippen LogP contribution in [0, 0.1) is 0 Å². The minimum atomic E-state index is -3.52. The molecular formula is C22H24N4O3S2. The maximum Gasteiger partial charge on any atom is 0.243 e. The molecule has 1 fully saturated rings. The minimum absolute atomic E-state index is 0.283. The standard InChI is InChI=1S/C22H24N4O3S2/c1-25-14-23-22-16-13-21(30-20(16)9-7-18(22)25)24-17-12-15(6-8-19(17)29-2)31(27,28)26-10-4-3-5-11-26/h6-9,12-14,24H,3-5,10-11H2,1-2H3. The monoisotopic (exact) mass is 456 g/mol. The van der Waals surface area contributed by atoms with Crippen molar-refractivity contribution in [1.29, 1.82) is 0 Å². The van der Waals surface area contributed by atoms with Gasteiger partial charge in [0.05, 0.1) is 40.1 Å². The summed E-state index contributed by atoms with van der Waals surface area (Å²) < 4.78 is 36.5. The summed E-state index contributed by atoms with van der Waals surface area (Å²) in [4.78, 5) is 4.81. The lowest BCUT2D eigenvalue weighted by molar-refractivity contribution is 0.346. The number of hydrogen-bond acceptors (Lipinski definition) is 6. The number of methoxy groups -OCH3 is 1. The second-order valence-electron chi connectivity index (χ2n) is 7.76. The molecule has 1 saturated heterocycles. The summed E-state index contributed by atoms with van der Waals surface area (Å²) in [6.45, 7) is 1.15. The summed E-state index contributed by atoms with van der Waals surface area (Å²) in [7, 11) is 0.0389. The Labute approximate surface area is 185 Å². The number of rotatable bonds is 5. The van der Waals surface area contributed by atoms with Crippen LogP contribution in [0.2, 0.25) is 0 Å². The molecule has 0 radical (unpaired) electrons. The molecule has 31 heavy (non-hydrogen) atoms. The Kier molecular flexibility index (Phi) is 5.11. The summed E-state index contributed by atoms with van der Waals surface area (Å²) in [5, 5.41) is 5.35. The molecule has 2 aromatic heterocycles. The van der Waals surface area contributed by atoms with Crippen molar-refractivity contribution < 1.29 is 13.2 Å². The number of anilines is 2.